The second-order valence-corrected chi connectivity index (χ2v) is 6.99. The summed E-state index contributed by atoms with van der Waals surface area (Å²) < 4.78 is 6.11. The average molecular weight is 426 g/mol. The molecule has 1 aromatic carbocycles. The Kier molecular flexibility index (Phi) is 4.49. The number of rotatable bonds is 4. The van der Waals surface area contributed by atoms with Gasteiger partial charge in [-0.2, -0.15) is 0 Å². The van der Waals surface area contributed by atoms with Crippen molar-refractivity contribution in [2.24, 2.45) is 0 Å². The molecule has 4 rings (SSSR count). The minimum absolute atomic E-state index is 0.209. The molecule has 0 saturated carbocycles. The number of hydrogen-bond donors (Lipinski definition) is 2. The zero-order valence-corrected chi connectivity index (χ0v) is 16.3. The molecule has 3 heterocycles. The van der Waals surface area contributed by atoms with Crippen molar-refractivity contribution < 1.29 is 9.53 Å². The number of H-pyrrole nitrogens is 1. The summed E-state index contributed by atoms with van der Waals surface area (Å²) in [6, 6.07) is 9.31. The Morgan fingerprint density at radius 1 is 1.26 bits per heavy atom. The number of methoxy groups -OCH3 is 1. The first-order valence-corrected chi connectivity index (χ1v) is 9.06. The number of nitrogens with one attached hydrogen (secondary N) is 2. The molecule has 4 aromatic rings. The van der Waals surface area contributed by atoms with Crippen LogP contribution in [0.2, 0.25) is 0 Å². The second kappa shape index (κ2) is 6.96. The van der Waals surface area contributed by atoms with Crippen LogP contribution >= 0.6 is 15.9 Å². The Morgan fingerprint density at radius 3 is 2.93 bits per heavy atom. The van der Waals surface area contributed by atoms with Crippen LogP contribution < -0.4 is 10.1 Å². The number of imidazole rings is 1. The van der Waals surface area contributed by atoms with Crippen molar-refractivity contribution in [1.82, 2.24) is 25.3 Å². The molecule has 0 saturated heterocycles. The van der Waals surface area contributed by atoms with Crippen LogP contribution in [0, 0.1) is 6.92 Å². The van der Waals surface area contributed by atoms with Crippen LogP contribution in [-0.4, -0.2) is 33.0 Å². The summed E-state index contributed by atoms with van der Waals surface area (Å²) in [6.07, 6.45) is 1.68. The third-order valence-corrected chi connectivity index (χ3v) is 4.66. The van der Waals surface area contributed by atoms with E-state index in [1.54, 1.807) is 13.3 Å². The molecule has 3 aromatic heterocycles. The van der Waals surface area contributed by atoms with E-state index in [4.69, 9.17) is 4.74 Å². The SMILES string of the molecule is COc1ccc2nc(C)c(C(=O)NCc3nc4ncc(Br)cc4[nH]3)cc2c1. The number of nitrogens with zero attached hydrogens (tertiary/aromatic N) is 3. The molecule has 7 nitrogen and oxygen atoms in total. The molecule has 0 aliphatic rings. The molecular formula is C19H16BrN5O2. The van der Waals surface area contributed by atoms with Gasteiger partial charge in [-0.15, -0.1) is 0 Å². The summed E-state index contributed by atoms with van der Waals surface area (Å²) in [6.45, 7) is 2.09. The van der Waals surface area contributed by atoms with E-state index < -0.39 is 0 Å². The highest BCUT2D eigenvalue weighted by Crippen LogP contribution is 2.22. The molecule has 136 valence electrons. The molecule has 0 aliphatic heterocycles. The lowest BCUT2D eigenvalue weighted by Crippen LogP contribution is -2.24. The predicted octanol–water partition coefficient (Wildman–Crippen LogP) is 3.52. The van der Waals surface area contributed by atoms with Crippen LogP contribution in [0.3, 0.4) is 0 Å². The number of hydrogen-bond acceptors (Lipinski definition) is 5. The molecule has 0 bridgehead atoms. The van der Waals surface area contributed by atoms with E-state index in [0.717, 1.165) is 26.6 Å². The van der Waals surface area contributed by atoms with Crippen LogP contribution in [0.15, 0.2) is 41.0 Å². The number of aromatic nitrogens is 4. The average Bonchev–Trinajstić information content (AvgIpc) is 3.07. The van der Waals surface area contributed by atoms with Gasteiger partial charge in [0.25, 0.3) is 5.91 Å². The molecule has 2 N–H and O–H groups in total. The molecular weight excluding hydrogens is 410 g/mol. The number of benzene rings is 1. The molecule has 1 amide bonds. The molecule has 0 radical (unpaired) electrons. The lowest BCUT2D eigenvalue weighted by molar-refractivity contribution is 0.0949. The summed E-state index contributed by atoms with van der Waals surface area (Å²) >= 11 is 3.38. The standard InChI is InChI=1S/C19H16BrN5O2/c1-10-14(6-11-5-13(27-2)3-4-15(11)23-10)19(26)22-9-17-24-16-7-12(20)8-21-18(16)25-17/h3-8H,9H2,1-2H3,(H,22,26)(H,21,24,25). The van der Waals surface area contributed by atoms with E-state index in [1.807, 2.05) is 37.3 Å². The molecule has 0 spiro atoms. The van der Waals surface area contributed by atoms with Gasteiger partial charge in [0.2, 0.25) is 0 Å². The fraction of sp³-hybridized carbons (Fsp3) is 0.158. The summed E-state index contributed by atoms with van der Waals surface area (Å²) in [5, 5.41) is 3.73. The van der Waals surface area contributed by atoms with Crippen LogP contribution in [-0.2, 0) is 6.54 Å². The Labute approximate surface area is 163 Å². The van der Waals surface area contributed by atoms with Gasteiger partial charge in [-0.1, -0.05) is 0 Å². The largest absolute Gasteiger partial charge is 0.497 e. The fourth-order valence-corrected chi connectivity index (χ4v) is 3.21. The van der Waals surface area contributed by atoms with Crippen molar-refractivity contribution >= 4 is 43.9 Å². The van der Waals surface area contributed by atoms with Crippen molar-refractivity contribution in [3.05, 3.63) is 58.1 Å². The third-order valence-electron chi connectivity index (χ3n) is 4.23. The van der Waals surface area contributed by atoms with Crippen molar-refractivity contribution in [3.63, 3.8) is 0 Å². The highest BCUT2D eigenvalue weighted by molar-refractivity contribution is 9.10. The van der Waals surface area contributed by atoms with Crippen molar-refractivity contribution in [2.75, 3.05) is 7.11 Å². The monoisotopic (exact) mass is 425 g/mol. The highest BCUT2D eigenvalue weighted by atomic mass is 79.9. The summed E-state index contributed by atoms with van der Waals surface area (Å²) in [4.78, 5) is 28.9. The van der Waals surface area contributed by atoms with Gasteiger partial charge < -0.3 is 15.0 Å². The van der Waals surface area contributed by atoms with E-state index >= 15 is 0 Å². The number of aryl methyl sites for hydroxylation is 1. The number of ether oxygens (including phenoxy) is 1. The van der Waals surface area contributed by atoms with Gasteiger partial charge in [-0.3, -0.25) is 9.78 Å². The molecule has 0 aliphatic carbocycles. The van der Waals surface area contributed by atoms with Gasteiger partial charge in [0.15, 0.2) is 5.65 Å². The molecule has 0 fully saturated rings. The normalized spacial score (nSPS) is 11.1. The lowest BCUT2D eigenvalue weighted by atomic mass is 10.1. The van der Waals surface area contributed by atoms with E-state index in [9.17, 15) is 4.79 Å². The number of halogens is 1. The lowest BCUT2D eigenvalue weighted by Gasteiger charge is -2.09. The first-order valence-electron chi connectivity index (χ1n) is 8.27. The first kappa shape index (κ1) is 17.4. The van der Waals surface area contributed by atoms with E-state index in [-0.39, 0.29) is 12.5 Å². The van der Waals surface area contributed by atoms with E-state index in [0.29, 0.717) is 22.7 Å². The van der Waals surface area contributed by atoms with Gasteiger partial charge in [0.05, 0.1) is 35.9 Å². The summed E-state index contributed by atoms with van der Waals surface area (Å²) in [7, 11) is 1.61. The van der Waals surface area contributed by atoms with E-state index in [1.165, 1.54) is 0 Å². The van der Waals surface area contributed by atoms with Gasteiger partial charge in [0, 0.05) is 16.1 Å². The minimum atomic E-state index is -0.209. The maximum absolute atomic E-state index is 12.7. The number of pyridine rings is 2. The first-order chi connectivity index (χ1) is 13.0. The Bertz CT molecular complexity index is 1170. The minimum Gasteiger partial charge on any atom is -0.497 e. The third kappa shape index (κ3) is 3.48. The van der Waals surface area contributed by atoms with Crippen molar-refractivity contribution in [3.8, 4) is 5.75 Å². The summed E-state index contributed by atoms with van der Waals surface area (Å²) in [5.41, 5.74) is 3.43. The number of fused-ring (bicyclic) bond motifs is 2. The van der Waals surface area contributed by atoms with Crippen molar-refractivity contribution in [2.45, 2.75) is 13.5 Å². The number of aromatic amines is 1. The topological polar surface area (TPSA) is 92.8 Å². The van der Waals surface area contributed by atoms with Crippen LogP contribution in [0.1, 0.15) is 21.9 Å². The van der Waals surface area contributed by atoms with Gasteiger partial charge in [0.1, 0.15) is 11.6 Å². The summed E-state index contributed by atoms with van der Waals surface area (Å²) in [5.74, 6) is 1.15. The highest BCUT2D eigenvalue weighted by Gasteiger charge is 2.13. The second-order valence-electron chi connectivity index (χ2n) is 6.07. The fourth-order valence-electron chi connectivity index (χ4n) is 2.88. The maximum Gasteiger partial charge on any atom is 0.253 e. The van der Waals surface area contributed by atoms with Crippen LogP contribution in [0.5, 0.6) is 5.75 Å². The number of amides is 1. The van der Waals surface area contributed by atoms with Crippen molar-refractivity contribution in [1.29, 1.82) is 0 Å². The van der Waals surface area contributed by atoms with Crippen LogP contribution in [0.25, 0.3) is 22.1 Å². The van der Waals surface area contributed by atoms with E-state index in [2.05, 4.69) is 41.2 Å². The van der Waals surface area contributed by atoms with Gasteiger partial charge >= 0.3 is 0 Å². The molecule has 8 heteroatoms. The quantitative estimate of drug-likeness (QED) is 0.521. The predicted molar refractivity (Wildman–Crippen MR) is 106 cm³/mol. The number of carbonyl (C=O) groups excluding carboxylic acids is 1. The Balaban J connectivity index is 1.57. The van der Waals surface area contributed by atoms with Gasteiger partial charge in [-0.25, -0.2) is 9.97 Å². The van der Waals surface area contributed by atoms with Gasteiger partial charge in [-0.05, 0) is 53.2 Å². The maximum atomic E-state index is 12.7. The molecule has 0 atom stereocenters. The number of carbonyl (C=O) groups is 1. The van der Waals surface area contributed by atoms with Crippen LogP contribution in [0.4, 0.5) is 0 Å². The molecule has 27 heavy (non-hydrogen) atoms. The Morgan fingerprint density at radius 2 is 2.11 bits per heavy atom. The Hall–Kier alpha value is -3.00. The zero-order chi connectivity index (χ0) is 19.0. The molecule has 0 unspecified atom stereocenters. The zero-order valence-electron chi connectivity index (χ0n) is 14.7. The smallest absolute Gasteiger partial charge is 0.253 e.